The largest absolute Gasteiger partial charge is 0.376 e. The second kappa shape index (κ2) is 4.86. The van der Waals surface area contributed by atoms with Crippen LogP contribution in [-0.2, 0) is 4.74 Å². The fourth-order valence-corrected chi connectivity index (χ4v) is 3.11. The molecule has 0 aromatic carbocycles. The van der Waals surface area contributed by atoms with Crippen molar-refractivity contribution < 1.29 is 4.74 Å². The Bertz CT molecular complexity index is 171. The minimum Gasteiger partial charge on any atom is -0.376 e. The van der Waals surface area contributed by atoms with Gasteiger partial charge in [0.2, 0.25) is 0 Å². The molecule has 1 heterocycles. The van der Waals surface area contributed by atoms with Crippen LogP contribution in [0.5, 0.6) is 0 Å². The van der Waals surface area contributed by atoms with E-state index in [9.17, 15) is 0 Å². The maximum atomic E-state index is 5.84. The van der Waals surface area contributed by atoms with Crippen molar-refractivity contribution in [1.29, 1.82) is 0 Å². The molecular weight excluding hydrogens is 194 g/mol. The molecule has 0 bridgehead atoms. The number of ether oxygens (including phenoxy) is 1. The second-order valence-electron chi connectivity index (χ2n) is 5.05. The smallest absolute Gasteiger partial charge is 0.0598 e. The van der Waals surface area contributed by atoms with Gasteiger partial charge in [-0.25, -0.2) is 0 Å². The second-order valence-corrected chi connectivity index (χ2v) is 6.61. The zero-order chi connectivity index (χ0) is 10.7. The predicted octanol–water partition coefficient (Wildman–Crippen LogP) is 2.42. The van der Waals surface area contributed by atoms with E-state index in [1.54, 1.807) is 0 Å². The molecule has 1 unspecified atom stereocenters. The van der Waals surface area contributed by atoms with Crippen LogP contribution in [0.25, 0.3) is 0 Å². The summed E-state index contributed by atoms with van der Waals surface area (Å²) in [5.74, 6) is 1.27. The Morgan fingerprint density at radius 1 is 1.43 bits per heavy atom. The van der Waals surface area contributed by atoms with Crippen molar-refractivity contribution in [3.05, 3.63) is 0 Å². The molecule has 1 rings (SSSR count). The Labute approximate surface area is 92.0 Å². The molecular formula is C11H23NOS. The number of hydrogen-bond donors (Lipinski definition) is 1. The fraction of sp³-hybridized carbons (Fsp3) is 1.00. The summed E-state index contributed by atoms with van der Waals surface area (Å²) in [6, 6.07) is 0. The van der Waals surface area contributed by atoms with Gasteiger partial charge in [-0.2, -0.15) is 11.8 Å². The molecule has 1 fully saturated rings. The van der Waals surface area contributed by atoms with E-state index < -0.39 is 0 Å². The quantitative estimate of drug-likeness (QED) is 0.785. The van der Waals surface area contributed by atoms with Crippen LogP contribution in [0.3, 0.4) is 0 Å². The van der Waals surface area contributed by atoms with E-state index in [0.29, 0.717) is 4.75 Å². The summed E-state index contributed by atoms with van der Waals surface area (Å²) in [4.78, 5) is 0. The van der Waals surface area contributed by atoms with Gasteiger partial charge in [0.25, 0.3) is 0 Å². The van der Waals surface area contributed by atoms with Crippen LogP contribution in [0.2, 0.25) is 0 Å². The Balaban J connectivity index is 2.28. The average Bonchev–Trinajstić information content (AvgIpc) is 2.52. The molecule has 0 amide bonds. The standard InChI is InChI=1S/C11H23NOS/c1-10(2,3)13-7-6-11(9-12)5-4-8-14-11/h4-9,12H2,1-3H3. The molecule has 1 aliphatic heterocycles. The highest BCUT2D eigenvalue weighted by atomic mass is 32.2. The van der Waals surface area contributed by atoms with Crippen molar-refractivity contribution >= 4 is 11.8 Å². The van der Waals surface area contributed by atoms with Crippen molar-refractivity contribution in [2.75, 3.05) is 18.9 Å². The molecule has 1 aliphatic rings. The lowest BCUT2D eigenvalue weighted by Gasteiger charge is -2.28. The molecule has 0 radical (unpaired) electrons. The van der Waals surface area contributed by atoms with Gasteiger partial charge in [0.1, 0.15) is 0 Å². The summed E-state index contributed by atoms with van der Waals surface area (Å²) in [6.07, 6.45) is 3.69. The van der Waals surface area contributed by atoms with Crippen LogP contribution in [-0.4, -0.2) is 29.3 Å². The lowest BCUT2D eigenvalue weighted by Crippen LogP contribution is -2.34. The normalized spacial score (nSPS) is 28.3. The first kappa shape index (κ1) is 12.3. The number of thioether (sulfide) groups is 1. The van der Waals surface area contributed by atoms with Crippen molar-refractivity contribution in [2.24, 2.45) is 5.73 Å². The third kappa shape index (κ3) is 3.79. The molecule has 0 aromatic rings. The van der Waals surface area contributed by atoms with Gasteiger partial charge >= 0.3 is 0 Å². The Morgan fingerprint density at radius 3 is 2.57 bits per heavy atom. The number of nitrogens with two attached hydrogens (primary N) is 1. The van der Waals surface area contributed by atoms with Gasteiger partial charge in [-0.3, -0.25) is 0 Å². The summed E-state index contributed by atoms with van der Waals surface area (Å²) in [5.41, 5.74) is 5.83. The average molecular weight is 217 g/mol. The van der Waals surface area contributed by atoms with Gasteiger partial charge in [0, 0.05) is 17.9 Å². The van der Waals surface area contributed by atoms with Crippen LogP contribution in [0, 0.1) is 0 Å². The maximum Gasteiger partial charge on any atom is 0.0598 e. The monoisotopic (exact) mass is 217 g/mol. The van der Waals surface area contributed by atoms with E-state index in [1.807, 2.05) is 11.8 Å². The third-order valence-corrected chi connectivity index (χ3v) is 4.33. The molecule has 1 atom stereocenters. The summed E-state index contributed by atoms with van der Waals surface area (Å²) in [6.45, 7) is 7.94. The van der Waals surface area contributed by atoms with E-state index in [0.717, 1.165) is 19.6 Å². The fourth-order valence-electron chi connectivity index (χ4n) is 1.76. The van der Waals surface area contributed by atoms with Crippen molar-refractivity contribution in [2.45, 2.75) is 50.4 Å². The van der Waals surface area contributed by atoms with Gasteiger partial charge in [-0.1, -0.05) is 0 Å². The SMILES string of the molecule is CC(C)(C)OCCC1(CN)CCCS1. The van der Waals surface area contributed by atoms with Gasteiger partial charge < -0.3 is 10.5 Å². The Kier molecular flexibility index (Phi) is 4.29. The van der Waals surface area contributed by atoms with Crippen LogP contribution in [0.4, 0.5) is 0 Å². The summed E-state index contributed by atoms with van der Waals surface area (Å²) in [7, 11) is 0. The van der Waals surface area contributed by atoms with Gasteiger partial charge in [0.05, 0.1) is 5.60 Å². The minimum atomic E-state index is -0.0148. The summed E-state index contributed by atoms with van der Waals surface area (Å²) < 4.78 is 6.07. The lowest BCUT2D eigenvalue weighted by molar-refractivity contribution is -0.00717. The molecule has 0 saturated carbocycles. The van der Waals surface area contributed by atoms with Gasteiger partial charge in [-0.15, -0.1) is 0 Å². The van der Waals surface area contributed by atoms with Crippen LogP contribution < -0.4 is 5.73 Å². The van der Waals surface area contributed by atoms with Crippen LogP contribution in [0.15, 0.2) is 0 Å². The van der Waals surface area contributed by atoms with Crippen molar-refractivity contribution in [3.8, 4) is 0 Å². The minimum absolute atomic E-state index is 0.0148. The van der Waals surface area contributed by atoms with Gasteiger partial charge in [-0.05, 0) is 45.8 Å². The maximum absolute atomic E-state index is 5.84. The third-order valence-electron chi connectivity index (χ3n) is 2.65. The molecule has 3 heteroatoms. The van der Waals surface area contributed by atoms with E-state index in [1.165, 1.54) is 18.6 Å². The Morgan fingerprint density at radius 2 is 2.14 bits per heavy atom. The van der Waals surface area contributed by atoms with E-state index in [4.69, 9.17) is 10.5 Å². The van der Waals surface area contributed by atoms with Crippen LogP contribution in [0.1, 0.15) is 40.0 Å². The molecule has 0 aromatic heterocycles. The topological polar surface area (TPSA) is 35.2 Å². The molecule has 84 valence electrons. The first-order chi connectivity index (χ1) is 6.47. The molecule has 1 saturated heterocycles. The van der Waals surface area contributed by atoms with E-state index in [2.05, 4.69) is 20.8 Å². The molecule has 2 nitrogen and oxygen atoms in total. The summed E-state index contributed by atoms with van der Waals surface area (Å²) in [5, 5.41) is 0. The predicted molar refractivity (Wildman–Crippen MR) is 63.8 cm³/mol. The zero-order valence-electron chi connectivity index (χ0n) is 9.64. The van der Waals surface area contributed by atoms with Crippen LogP contribution >= 0.6 is 11.8 Å². The Hall–Kier alpha value is 0.270. The number of hydrogen-bond acceptors (Lipinski definition) is 3. The van der Waals surface area contributed by atoms with Crippen molar-refractivity contribution in [1.82, 2.24) is 0 Å². The lowest BCUT2D eigenvalue weighted by atomic mass is 10.00. The molecule has 14 heavy (non-hydrogen) atoms. The molecule has 0 spiro atoms. The zero-order valence-corrected chi connectivity index (χ0v) is 10.5. The molecule has 0 aliphatic carbocycles. The highest BCUT2D eigenvalue weighted by Gasteiger charge is 2.33. The van der Waals surface area contributed by atoms with Gasteiger partial charge in [0.15, 0.2) is 0 Å². The summed E-state index contributed by atoms with van der Waals surface area (Å²) >= 11 is 2.04. The van der Waals surface area contributed by atoms with E-state index >= 15 is 0 Å². The highest BCUT2D eigenvalue weighted by Crippen LogP contribution is 2.40. The van der Waals surface area contributed by atoms with E-state index in [-0.39, 0.29) is 5.60 Å². The van der Waals surface area contributed by atoms with Crippen molar-refractivity contribution in [3.63, 3.8) is 0 Å². The highest BCUT2D eigenvalue weighted by molar-refractivity contribution is 8.00. The first-order valence-electron chi connectivity index (χ1n) is 5.45. The first-order valence-corrected chi connectivity index (χ1v) is 6.44. The number of rotatable bonds is 4. The molecule has 2 N–H and O–H groups in total.